The molecule has 4 bridgehead atoms. The fourth-order valence-corrected chi connectivity index (χ4v) is 4.06. The predicted octanol–water partition coefficient (Wildman–Crippen LogP) is 2.77. The van der Waals surface area contributed by atoms with Gasteiger partial charge in [0, 0.05) is 42.9 Å². The third kappa shape index (κ3) is 4.10. The second-order valence-corrected chi connectivity index (χ2v) is 8.14. The van der Waals surface area contributed by atoms with E-state index in [9.17, 15) is 8.42 Å². The highest BCUT2D eigenvalue weighted by molar-refractivity contribution is 7.89. The molecule has 0 atom stereocenters. The monoisotopic (exact) mass is 396 g/mol. The highest BCUT2D eigenvalue weighted by Crippen LogP contribution is 2.27. The zero-order valence-corrected chi connectivity index (χ0v) is 15.9. The number of anilines is 3. The summed E-state index contributed by atoms with van der Waals surface area (Å²) in [7, 11) is -3.54. The van der Waals surface area contributed by atoms with Gasteiger partial charge in [0.2, 0.25) is 16.0 Å². The molecule has 4 rings (SSSR count). The maximum absolute atomic E-state index is 12.4. The molecule has 0 saturated carbocycles. The molecule has 1 aromatic carbocycles. The quantitative estimate of drug-likeness (QED) is 0.580. The summed E-state index contributed by atoms with van der Waals surface area (Å²) in [4.78, 5) is 13.3. The molecule has 0 aliphatic carbocycles. The first-order valence-electron chi connectivity index (χ1n) is 9.00. The molecule has 3 N–H and O–H groups in total. The van der Waals surface area contributed by atoms with Gasteiger partial charge in [0.25, 0.3) is 0 Å². The Labute approximate surface area is 163 Å². The Morgan fingerprint density at radius 3 is 2.68 bits per heavy atom. The Bertz CT molecular complexity index is 1070. The minimum absolute atomic E-state index is 0.210. The minimum atomic E-state index is -3.54. The number of sulfonamides is 1. The molecule has 0 saturated heterocycles. The Morgan fingerprint density at radius 1 is 1.00 bits per heavy atom. The first-order valence-corrected chi connectivity index (χ1v) is 10.5. The Hall–Kier alpha value is -3.04. The standard InChI is InChI=1S/C19H20N6O2S/c26-28(27)16-5-3-4-15(12-16)24-19-22-13-17(14-6-10-20-11-7-14)18(25-19)21-8-1-2-9-23-28/h3-7,10-13,23H,1-2,8-9H2,(H2,21,22,24,25). The number of aromatic nitrogens is 3. The summed E-state index contributed by atoms with van der Waals surface area (Å²) in [5.41, 5.74) is 2.46. The molecule has 8 nitrogen and oxygen atoms in total. The van der Waals surface area contributed by atoms with Crippen LogP contribution in [0.4, 0.5) is 17.5 Å². The number of hydrogen-bond acceptors (Lipinski definition) is 7. The van der Waals surface area contributed by atoms with Gasteiger partial charge in [0.15, 0.2) is 0 Å². The average molecular weight is 396 g/mol. The molecule has 144 valence electrons. The van der Waals surface area contributed by atoms with Crippen LogP contribution in [-0.2, 0) is 10.0 Å². The van der Waals surface area contributed by atoms with Gasteiger partial charge in [0.05, 0.1) is 4.90 Å². The van der Waals surface area contributed by atoms with Gasteiger partial charge in [-0.25, -0.2) is 18.1 Å². The summed E-state index contributed by atoms with van der Waals surface area (Å²) in [6, 6.07) is 10.4. The molecule has 3 aromatic rings. The zero-order chi connectivity index (χ0) is 19.4. The van der Waals surface area contributed by atoms with Crippen molar-refractivity contribution in [3.8, 4) is 11.1 Å². The van der Waals surface area contributed by atoms with Crippen LogP contribution in [0.1, 0.15) is 12.8 Å². The fraction of sp³-hybridized carbons (Fsp3) is 0.211. The van der Waals surface area contributed by atoms with Gasteiger partial charge in [-0.1, -0.05) is 6.07 Å². The average Bonchev–Trinajstić information content (AvgIpc) is 2.71. The van der Waals surface area contributed by atoms with Crippen molar-refractivity contribution in [2.45, 2.75) is 17.7 Å². The van der Waals surface area contributed by atoms with Gasteiger partial charge < -0.3 is 10.6 Å². The highest BCUT2D eigenvalue weighted by atomic mass is 32.2. The largest absolute Gasteiger partial charge is 0.369 e. The van der Waals surface area contributed by atoms with Gasteiger partial charge in [-0.2, -0.15) is 4.98 Å². The molecule has 0 unspecified atom stereocenters. The van der Waals surface area contributed by atoms with E-state index >= 15 is 0 Å². The van der Waals surface area contributed by atoms with Crippen molar-refractivity contribution in [2.75, 3.05) is 23.7 Å². The summed E-state index contributed by atoms with van der Waals surface area (Å²) in [5, 5.41) is 6.43. The van der Waals surface area contributed by atoms with E-state index in [1.54, 1.807) is 42.9 Å². The van der Waals surface area contributed by atoms with Gasteiger partial charge in [-0.15, -0.1) is 0 Å². The molecule has 0 fully saturated rings. The second-order valence-electron chi connectivity index (χ2n) is 6.38. The normalized spacial score (nSPS) is 16.3. The third-order valence-corrected chi connectivity index (χ3v) is 5.83. The lowest BCUT2D eigenvalue weighted by Gasteiger charge is -2.15. The van der Waals surface area contributed by atoms with E-state index in [2.05, 4.69) is 30.3 Å². The molecular formula is C19H20N6O2S. The third-order valence-electron chi connectivity index (χ3n) is 4.37. The maximum atomic E-state index is 12.4. The summed E-state index contributed by atoms with van der Waals surface area (Å²) in [5.74, 6) is 1.11. The van der Waals surface area contributed by atoms with E-state index in [1.165, 1.54) is 0 Å². The Morgan fingerprint density at radius 2 is 1.82 bits per heavy atom. The number of fused-ring (bicyclic) bond motifs is 4. The molecule has 9 heteroatoms. The van der Waals surface area contributed by atoms with Crippen LogP contribution < -0.4 is 15.4 Å². The van der Waals surface area contributed by atoms with Crippen molar-refractivity contribution in [1.29, 1.82) is 0 Å². The first kappa shape index (κ1) is 18.3. The molecular weight excluding hydrogens is 376 g/mol. The van der Waals surface area contributed by atoms with Crippen molar-refractivity contribution < 1.29 is 8.42 Å². The summed E-state index contributed by atoms with van der Waals surface area (Å²) >= 11 is 0. The minimum Gasteiger partial charge on any atom is -0.369 e. The van der Waals surface area contributed by atoms with Gasteiger partial charge in [-0.05, 0) is 48.7 Å². The number of nitrogens with zero attached hydrogens (tertiary/aromatic N) is 3. The smallest absolute Gasteiger partial charge is 0.240 e. The number of pyridine rings is 1. The van der Waals surface area contributed by atoms with Crippen LogP contribution in [0.2, 0.25) is 0 Å². The van der Waals surface area contributed by atoms with Crippen molar-refractivity contribution in [3.05, 3.63) is 55.0 Å². The molecule has 28 heavy (non-hydrogen) atoms. The topological polar surface area (TPSA) is 109 Å². The number of nitrogens with one attached hydrogen (secondary N) is 3. The summed E-state index contributed by atoms with van der Waals surface area (Å²) < 4.78 is 27.5. The van der Waals surface area contributed by atoms with Gasteiger partial charge in [0.1, 0.15) is 5.82 Å². The number of benzene rings is 1. The van der Waals surface area contributed by atoms with E-state index in [-0.39, 0.29) is 4.90 Å². The van der Waals surface area contributed by atoms with E-state index < -0.39 is 10.0 Å². The van der Waals surface area contributed by atoms with E-state index in [4.69, 9.17) is 0 Å². The van der Waals surface area contributed by atoms with Crippen molar-refractivity contribution >= 4 is 27.5 Å². The maximum Gasteiger partial charge on any atom is 0.240 e. The number of hydrogen-bond donors (Lipinski definition) is 3. The van der Waals surface area contributed by atoms with E-state index in [1.807, 2.05) is 12.1 Å². The zero-order valence-electron chi connectivity index (χ0n) is 15.1. The van der Waals surface area contributed by atoms with Crippen molar-refractivity contribution in [1.82, 2.24) is 19.7 Å². The molecule has 0 radical (unpaired) electrons. The molecule has 2 aromatic heterocycles. The second kappa shape index (κ2) is 7.91. The van der Waals surface area contributed by atoms with Crippen molar-refractivity contribution in [3.63, 3.8) is 0 Å². The van der Waals surface area contributed by atoms with Crippen molar-refractivity contribution in [2.24, 2.45) is 0 Å². The highest BCUT2D eigenvalue weighted by Gasteiger charge is 2.15. The van der Waals surface area contributed by atoms with Crippen LogP contribution in [0.25, 0.3) is 11.1 Å². The van der Waals surface area contributed by atoms with Crippen LogP contribution in [-0.4, -0.2) is 36.5 Å². The lowest BCUT2D eigenvalue weighted by molar-refractivity contribution is 0.577. The molecule has 0 amide bonds. The SMILES string of the molecule is O=S1(=O)NCCCCNc2nc(ncc2-c2ccncc2)Nc2cccc1c2. The van der Waals surface area contributed by atoms with E-state index in [0.29, 0.717) is 31.1 Å². The fourth-order valence-electron chi connectivity index (χ4n) is 2.94. The van der Waals surface area contributed by atoms with Crippen LogP contribution in [0.5, 0.6) is 0 Å². The lowest BCUT2D eigenvalue weighted by atomic mass is 10.1. The predicted molar refractivity (Wildman–Crippen MR) is 108 cm³/mol. The molecule has 1 aliphatic heterocycles. The van der Waals surface area contributed by atoms with E-state index in [0.717, 1.165) is 23.4 Å². The molecule has 1 aliphatic rings. The first-order chi connectivity index (χ1) is 13.6. The number of rotatable bonds is 1. The van der Waals surface area contributed by atoms with Gasteiger partial charge >= 0.3 is 0 Å². The summed E-state index contributed by atoms with van der Waals surface area (Å²) in [6.45, 7) is 1.05. The Balaban J connectivity index is 1.73. The van der Waals surface area contributed by atoms with Crippen LogP contribution >= 0.6 is 0 Å². The van der Waals surface area contributed by atoms with Crippen LogP contribution in [0.15, 0.2) is 59.9 Å². The van der Waals surface area contributed by atoms with Crippen LogP contribution in [0, 0.1) is 0 Å². The molecule has 3 heterocycles. The Kier molecular flexibility index (Phi) is 5.18. The summed E-state index contributed by atoms with van der Waals surface area (Å²) in [6.07, 6.45) is 6.72. The lowest BCUT2D eigenvalue weighted by Crippen LogP contribution is -2.25. The van der Waals surface area contributed by atoms with Gasteiger partial charge in [-0.3, -0.25) is 4.98 Å². The molecule has 0 spiro atoms. The van der Waals surface area contributed by atoms with Crippen LogP contribution in [0.3, 0.4) is 0 Å².